The number of nitrogens with two attached hydrogens (primary N) is 1. The van der Waals surface area contributed by atoms with Gasteiger partial charge in [0.25, 0.3) is 0 Å². The number of hydrogen-bond acceptors (Lipinski definition) is 6. The summed E-state index contributed by atoms with van der Waals surface area (Å²) in [6.07, 6.45) is 3.65. The quantitative estimate of drug-likeness (QED) is 0.741. The summed E-state index contributed by atoms with van der Waals surface area (Å²) in [5.74, 6) is -0.143. The van der Waals surface area contributed by atoms with E-state index in [1.807, 2.05) is 0 Å². The maximum atomic E-state index is 13.2. The molecule has 3 aromatic rings. The largest absolute Gasteiger partial charge is 0.383 e. The van der Waals surface area contributed by atoms with Crippen LogP contribution in [0, 0.1) is 5.82 Å². The molecule has 140 valence electrons. The molecule has 27 heavy (non-hydrogen) atoms. The molecule has 1 aromatic carbocycles. The molecule has 9 heteroatoms. The van der Waals surface area contributed by atoms with Crippen molar-refractivity contribution in [3.8, 4) is 0 Å². The van der Waals surface area contributed by atoms with Crippen molar-refractivity contribution < 1.29 is 12.8 Å². The van der Waals surface area contributed by atoms with E-state index in [0.29, 0.717) is 35.5 Å². The summed E-state index contributed by atoms with van der Waals surface area (Å²) < 4.78 is 40.9. The number of aromatic nitrogens is 3. The minimum Gasteiger partial charge on any atom is -0.383 e. The zero-order chi connectivity index (χ0) is 19.0. The van der Waals surface area contributed by atoms with Crippen LogP contribution in [0.5, 0.6) is 0 Å². The van der Waals surface area contributed by atoms with Gasteiger partial charge in [0.05, 0.1) is 22.0 Å². The van der Waals surface area contributed by atoms with Crippen molar-refractivity contribution in [1.82, 2.24) is 19.3 Å². The van der Waals surface area contributed by atoms with E-state index in [2.05, 4.69) is 15.0 Å². The van der Waals surface area contributed by atoms with Crippen molar-refractivity contribution in [2.24, 2.45) is 0 Å². The number of sulfonamides is 1. The lowest BCUT2D eigenvalue weighted by atomic mass is 10.0. The van der Waals surface area contributed by atoms with Crippen LogP contribution in [0.1, 0.15) is 31.0 Å². The van der Waals surface area contributed by atoms with Crippen LogP contribution in [0.2, 0.25) is 0 Å². The highest BCUT2D eigenvalue weighted by molar-refractivity contribution is 7.89. The molecule has 1 atom stereocenters. The highest BCUT2D eigenvalue weighted by Crippen LogP contribution is 2.35. The van der Waals surface area contributed by atoms with E-state index in [9.17, 15) is 12.8 Å². The molecular formula is C18H18FN5O2S. The van der Waals surface area contributed by atoms with Crippen LogP contribution in [0.3, 0.4) is 0 Å². The van der Waals surface area contributed by atoms with Gasteiger partial charge in [-0.25, -0.2) is 27.8 Å². The maximum absolute atomic E-state index is 13.2. The Bertz CT molecular complexity index is 1090. The van der Waals surface area contributed by atoms with Crippen LogP contribution >= 0.6 is 0 Å². The number of rotatable bonds is 3. The van der Waals surface area contributed by atoms with E-state index in [1.54, 1.807) is 12.1 Å². The van der Waals surface area contributed by atoms with Crippen LogP contribution in [0.15, 0.2) is 47.6 Å². The monoisotopic (exact) mass is 387 g/mol. The van der Waals surface area contributed by atoms with Crippen molar-refractivity contribution >= 4 is 26.9 Å². The predicted molar refractivity (Wildman–Crippen MR) is 98.6 cm³/mol. The summed E-state index contributed by atoms with van der Waals surface area (Å²) >= 11 is 0. The summed E-state index contributed by atoms with van der Waals surface area (Å²) in [4.78, 5) is 12.7. The average molecular weight is 387 g/mol. The molecule has 7 nitrogen and oxygen atoms in total. The molecule has 1 fully saturated rings. The third-order valence-corrected chi connectivity index (χ3v) is 6.69. The Morgan fingerprint density at radius 2 is 1.85 bits per heavy atom. The third kappa shape index (κ3) is 3.24. The summed E-state index contributed by atoms with van der Waals surface area (Å²) in [6.45, 7) is 0.385. The van der Waals surface area contributed by atoms with Gasteiger partial charge in [-0.1, -0.05) is 6.42 Å². The van der Waals surface area contributed by atoms with Gasteiger partial charge in [-0.05, 0) is 49.2 Å². The van der Waals surface area contributed by atoms with E-state index in [1.165, 1.54) is 22.8 Å². The molecule has 1 saturated heterocycles. The number of pyridine rings is 1. The summed E-state index contributed by atoms with van der Waals surface area (Å²) in [6, 6.07) is 8.01. The highest BCUT2D eigenvalue weighted by atomic mass is 32.2. The van der Waals surface area contributed by atoms with Gasteiger partial charge in [-0.3, -0.25) is 0 Å². The average Bonchev–Trinajstić information content (AvgIpc) is 2.68. The van der Waals surface area contributed by atoms with Crippen LogP contribution in [0.25, 0.3) is 11.0 Å². The van der Waals surface area contributed by atoms with Gasteiger partial charge >= 0.3 is 0 Å². The van der Waals surface area contributed by atoms with Crippen LogP contribution in [-0.4, -0.2) is 34.2 Å². The summed E-state index contributed by atoms with van der Waals surface area (Å²) in [7, 11) is -3.77. The van der Waals surface area contributed by atoms with Crippen LogP contribution in [0.4, 0.5) is 10.2 Å². The number of nitrogen functional groups attached to an aromatic ring is 1. The van der Waals surface area contributed by atoms with Gasteiger partial charge in [0.1, 0.15) is 18.0 Å². The molecule has 3 heterocycles. The van der Waals surface area contributed by atoms with Crippen molar-refractivity contribution in [3.05, 3.63) is 54.2 Å². The Hall–Kier alpha value is -2.65. The van der Waals surface area contributed by atoms with Gasteiger partial charge in [0.2, 0.25) is 10.0 Å². The lowest BCUT2D eigenvalue weighted by Gasteiger charge is -2.34. The van der Waals surface area contributed by atoms with E-state index in [-0.39, 0.29) is 4.90 Å². The SMILES string of the molecule is Nc1ncnc2nc([C@@H]3CCCCN3S(=O)(=O)c3ccc(F)cc3)ccc12. The van der Waals surface area contributed by atoms with E-state index < -0.39 is 21.9 Å². The first-order valence-electron chi connectivity index (χ1n) is 8.61. The first-order chi connectivity index (χ1) is 13.0. The third-order valence-electron chi connectivity index (χ3n) is 4.76. The predicted octanol–water partition coefficient (Wildman–Crippen LogP) is 2.66. The molecule has 0 radical (unpaired) electrons. The minimum absolute atomic E-state index is 0.0724. The van der Waals surface area contributed by atoms with Gasteiger partial charge in [0, 0.05) is 6.54 Å². The number of nitrogens with zero attached hydrogens (tertiary/aromatic N) is 4. The van der Waals surface area contributed by atoms with E-state index >= 15 is 0 Å². The van der Waals surface area contributed by atoms with Gasteiger partial charge < -0.3 is 5.73 Å². The molecule has 0 aliphatic carbocycles. The van der Waals surface area contributed by atoms with Crippen molar-refractivity contribution in [3.63, 3.8) is 0 Å². The zero-order valence-electron chi connectivity index (χ0n) is 14.4. The fraction of sp³-hybridized carbons (Fsp3) is 0.278. The first-order valence-corrected chi connectivity index (χ1v) is 10.1. The zero-order valence-corrected chi connectivity index (χ0v) is 15.2. The second-order valence-electron chi connectivity index (χ2n) is 6.45. The normalized spacial score (nSPS) is 18.6. The standard InChI is InChI=1S/C18H18FN5O2S/c19-12-4-6-13(7-5-12)27(25,26)24-10-2-1-3-16(24)15-9-8-14-17(20)21-11-22-18(14)23-15/h4-9,11,16H,1-3,10H2,(H2,20,21,22,23)/t16-/m0/s1. The van der Waals surface area contributed by atoms with Crippen LogP contribution in [-0.2, 0) is 10.0 Å². The second kappa shape index (κ2) is 6.82. The van der Waals surface area contributed by atoms with Gasteiger partial charge in [-0.2, -0.15) is 4.31 Å². The topological polar surface area (TPSA) is 102 Å². The lowest BCUT2D eigenvalue weighted by Crippen LogP contribution is -2.38. The number of hydrogen-bond donors (Lipinski definition) is 1. The molecule has 4 rings (SSSR count). The fourth-order valence-corrected chi connectivity index (χ4v) is 5.06. The van der Waals surface area contributed by atoms with Gasteiger partial charge in [-0.15, -0.1) is 0 Å². The molecule has 2 N–H and O–H groups in total. The Morgan fingerprint density at radius 1 is 1.07 bits per heavy atom. The number of benzene rings is 1. The van der Waals surface area contributed by atoms with E-state index in [0.717, 1.165) is 25.0 Å². The fourth-order valence-electron chi connectivity index (χ4n) is 3.39. The van der Waals surface area contributed by atoms with E-state index in [4.69, 9.17) is 5.73 Å². The van der Waals surface area contributed by atoms with Crippen LogP contribution < -0.4 is 5.73 Å². The number of fused-ring (bicyclic) bond motifs is 1. The molecule has 0 saturated carbocycles. The number of piperidine rings is 1. The minimum atomic E-state index is -3.77. The first kappa shape index (κ1) is 17.7. The van der Waals surface area contributed by atoms with Crippen molar-refractivity contribution in [2.75, 3.05) is 12.3 Å². The number of halogens is 1. The Balaban J connectivity index is 1.75. The molecular weight excluding hydrogens is 369 g/mol. The molecule has 0 unspecified atom stereocenters. The molecule has 2 aromatic heterocycles. The highest BCUT2D eigenvalue weighted by Gasteiger charge is 2.35. The van der Waals surface area contributed by atoms with Gasteiger partial charge in [0.15, 0.2) is 5.65 Å². The smallest absolute Gasteiger partial charge is 0.243 e. The molecule has 1 aliphatic heterocycles. The summed E-state index contributed by atoms with van der Waals surface area (Å²) in [5, 5.41) is 0.630. The Kier molecular flexibility index (Phi) is 4.48. The Morgan fingerprint density at radius 3 is 2.63 bits per heavy atom. The molecule has 0 amide bonds. The lowest BCUT2D eigenvalue weighted by molar-refractivity contribution is 0.252. The maximum Gasteiger partial charge on any atom is 0.243 e. The Labute approximate surface area is 156 Å². The molecule has 1 aliphatic rings. The molecule has 0 bridgehead atoms. The van der Waals surface area contributed by atoms with Crippen molar-refractivity contribution in [1.29, 1.82) is 0 Å². The number of anilines is 1. The van der Waals surface area contributed by atoms with Crippen molar-refractivity contribution in [2.45, 2.75) is 30.2 Å². The molecule has 0 spiro atoms. The summed E-state index contributed by atoms with van der Waals surface area (Å²) in [5.41, 5.74) is 6.89. The second-order valence-corrected chi connectivity index (χ2v) is 8.34.